The van der Waals surface area contributed by atoms with Gasteiger partial charge in [-0.1, -0.05) is 25.5 Å². The third-order valence-electron chi connectivity index (χ3n) is 2.53. The van der Waals surface area contributed by atoms with Crippen LogP contribution in [-0.4, -0.2) is 9.78 Å². The lowest BCUT2D eigenvalue weighted by Crippen LogP contribution is -1.96. The maximum atomic E-state index is 13.0. The van der Waals surface area contributed by atoms with E-state index in [1.165, 1.54) is 12.1 Å². The molecule has 1 aromatic carbocycles. The first-order valence-corrected chi connectivity index (χ1v) is 5.58. The number of rotatable bonds is 4. The van der Waals surface area contributed by atoms with Gasteiger partial charge in [0.25, 0.3) is 0 Å². The average Bonchev–Trinajstić information content (AvgIpc) is 2.75. The van der Waals surface area contributed by atoms with Gasteiger partial charge in [0.1, 0.15) is 5.82 Å². The third-order valence-corrected chi connectivity index (χ3v) is 2.53. The van der Waals surface area contributed by atoms with Crippen LogP contribution in [0.2, 0.25) is 0 Å². The van der Waals surface area contributed by atoms with Gasteiger partial charge in [0.15, 0.2) is 0 Å². The number of unbranched alkanes of at least 4 members (excludes halogenated alkanes) is 1. The molecule has 2 nitrogen and oxygen atoms in total. The molecule has 0 N–H and O–H groups in total. The van der Waals surface area contributed by atoms with Crippen molar-refractivity contribution in [3.8, 4) is 11.1 Å². The van der Waals surface area contributed by atoms with Crippen LogP contribution in [0.5, 0.6) is 0 Å². The molecule has 0 bridgehead atoms. The molecule has 2 rings (SSSR count). The van der Waals surface area contributed by atoms with Crippen molar-refractivity contribution in [1.29, 1.82) is 0 Å². The summed E-state index contributed by atoms with van der Waals surface area (Å²) in [5.74, 6) is -0.209. The van der Waals surface area contributed by atoms with Crippen molar-refractivity contribution in [2.24, 2.45) is 0 Å². The first kappa shape index (κ1) is 10.9. The molecule has 1 aromatic heterocycles. The summed E-state index contributed by atoms with van der Waals surface area (Å²) in [5.41, 5.74) is 1.85. The molecule has 0 atom stereocenters. The molecule has 0 aliphatic carbocycles. The van der Waals surface area contributed by atoms with E-state index in [1.54, 1.807) is 12.3 Å². The first-order chi connectivity index (χ1) is 7.79. The maximum absolute atomic E-state index is 13.0. The molecule has 0 fully saturated rings. The average molecular weight is 218 g/mol. The Bertz CT molecular complexity index is 462. The molecule has 2 aromatic rings. The van der Waals surface area contributed by atoms with Gasteiger partial charge < -0.3 is 0 Å². The van der Waals surface area contributed by atoms with Crippen molar-refractivity contribution in [3.05, 3.63) is 42.5 Å². The number of aromatic nitrogens is 2. The summed E-state index contributed by atoms with van der Waals surface area (Å²) in [7, 11) is 0. The van der Waals surface area contributed by atoms with Gasteiger partial charge in [-0.25, -0.2) is 4.39 Å². The van der Waals surface area contributed by atoms with Gasteiger partial charge in [0, 0.05) is 18.3 Å². The van der Waals surface area contributed by atoms with Gasteiger partial charge in [-0.2, -0.15) is 5.10 Å². The van der Waals surface area contributed by atoms with E-state index in [2.05, 4.69) is 12.0 Å². The minimum atomic E-state index is -0.209. The van der Waals surface area contributed by atoms with Crippen LogP contribution in [0.1, 0.15) is 19.8 Å². The molecule has 0 aliphatic rings. The van der Waals surface area contributed by atoms with Crippen LogP contribution in [0.3, 0.4) is 0 Å². The lowest BCUT2D eigenvalue weighted by molar-refractivity contribution is 0.572. The SMILES string of the molecule is CCCCn1cc(-c2cccc(F)c2)cn1. The van der Waals surface area contributed by atoms with Crippen molar-refractivity contribution < 1.29 is 4.39 Å². The largest absolute Gasteiger partial charge is 0.272 e. The normalized spacial score (nSPS) is 10.6. The topological polar surface area (TPSA) is 17.8 Å². The lowest BCUT2D eigenvalue weighted by Gasteiger charge is -1.98. The van der Waals surface area contributed by atoms with Crippen LogP contribution in [0.25, 0.3) is 11.1 Å². The Morgan fingerprint density at radius 2 is 2.19 bits per heavy atom. The highest BCUT2D eigenvalue weighted by Crippen LogP contribution is 2.19. The highest BCUT2D eigenvalue weighted by molar-refractivity contribution is 5.61. The van der Waals surface area contributed by atoms with E-state index in [0.29, 0.717) is 0 Å². The molecular weight excluding hydrogens is 203 g/mol. The first-order valence-electron chi connectivity index (χ1n) is 5.58. The summed E-state index contributed by atoms with van der Waals surface area (Å²) in [5, 5.41) is 4.25. The summed E-state index contributed by atoms with van der Waals surface area (Å²) < 4.78 is 14.9. The summed E-state index contributed by atoms with van der Waals surface area (Å²) in [6.45, 7) is 3.07. The molecule has 1 heterocycles. The summed E-state index contributed by atoms with van der Waals surface area (Å²) >= 11 is 0. The minimum absolute atomic E-state index is 0.209. The summed E-state index contributed by atoms with van der Waals surface area (Å²) in [6.07, 6.45) is 6.01. The lowest BCUT2D eigenvalue weighted by atomic mass is 10.1. The van der Waals surface area contributed by atoms with Crippen LogP contribution in [0.15, 0.2) is 36.7 Å². The zero-order chi connectivity index (χ0) is 11.4. The molecule has 16 heavy (non-hydrogen) atoms. The third kappa shape index (κ3) is 2.48. The molecule has 0 spiro atoms. The molecule has 0 saturated heterocycles. The van der Waals surface area contributed by atoms with Gasteiger partial charge in [-0.3, -0.25) is 4.68 Å². The fourth-order valence-electron chi connectivity index (χ4n) is 1.62. The van der Waals surface area contributed by atoms with E-state index in [4.69, 9.17) is 0 Å². The molecule has 0 saturated carbocycles. The van der Waals surface area contributed by atoms with Crippen molar-refractivity contribution in [1.82, 2.24) is 9.78 Å². The predicted molar refractivity (Wildman–Crippen MR) is 62.5 cm³/mol. The second-order valence-corrected chi connectivity index (χ2v) is 3.86. The van der Waals surface area contributed by atoms with Crippen LogP contribution in [0.4, 0.5) is 4.39 Å². The number of nitrogens with zero attached hydrogens (tertiary/aromatic N) is 2. The van der Waals surface area contributed by atoms with E-state index < -0.39 is 0 Å². The summed E-state index contributed by atoms with van der Waals surface area (Å²) in [4.78, 5) is 0. The highest BCUT2D eigenvalue weighted by Gasteiger charge is 2.02. The minimum Gasteiger partial charge on any atom is -0.272 e. The summed E-state index contributed by atoms with van der Waals surface area (Å²) in [6, 6.07) is 6.59. The Kier molecular flexibility index (Phi) is 3.34. The molecule has 84 valence electrons. The number of benzene rings is 1. The van der Waals surface area contributed by atoms with E-state index in [1.807, 2.05) is 16.9 Å². The van der Waals surface area contributed by atoms with Crippen LogP contribution in [-0.2, 0) is 6.54 Å². The number of hydrogen-bond donors (Lipinski definition) is 0. The van der Waals surface area contributed by atoms with Gasteiger partial charge >= 0.3 is 0 Å². The maximum Gasteiger partial charge on any atom is 0.123 e. The standard InChI is InChI=1S/C13H15FN2/c1-2-3-7-16-10-12(9-15-16)11-5-4-6-13(14)8-11/h4-6,8-10H,2-3,7H2,1H3. The molecule has 0 aliphatic heterocycles. The zero-order valence-corrected chi connectivity index (χ0v) is 9.36. The monoisotopic (exact) mass is 218 g/mol. The zero-order valence-electron chi connectivity index (χ0n) is 9.36. The van der Waals surface area contributed by atoms with Gasteiger partial charge in [0.05, 0.1) is 6.20 Å². The van der Waals surface area contributed by atoms with E-state index in [9.17, 15) is 4.39 Å². The van der Waals surface area contributed by atoms with Crippen molar-refractivity contribution in [2.75, 3.05) is 0 Å². The Labute approximate surface area is 94.7 Å². The van der Waals surface area contributed by atoms with Gasteiger partial charge in [-0.05, 0) is 24.1 Å². The number of halogens is 1. The van der Waals surface area contributed by atoms with E-state index in [-0.39, 0.29) is 5.82 Å². The molecular formula is C13H15FN2. The van der Waals surface area contributed by atoms with Crippen molar-refractivity contribution in [3.63, 3.8) is 0 Å². The Balaban J connectivity index is 2.18. The van der Waals surface area contributed by atoms with Crippen LogP contribution in [0, 0.1) is 5.82 Å². The second kappa shape index (κ2) is 4.92. The number of hydrogen-bond acceptors (Lipinski definition) is 1. The molecule has 0 radical (unpaired) electrons. The smallest absolute Gasteiger partial charge is 0.123 e. The second-order valence-electron chi connectivity index (χ2n) is 3.86. The van der Waals surface area contributed by atoms with Gasteiger partial charge in [-0.15, -0.1) is 0 Å². The van der Waals surface area contributed by atoms with Crippen molar-refractivity contribution >= 4 is 0 Å². The van der Waals surface area contributed by atoms with Crippen molar-refractivity contribution in [2.45, 2.75) is 26.3 Å². The molecule has 0 unspecified atom stereocenters. The van der Waals surface area contributed by atoms with Crippen LogP contribution < -0.4 is 0 Å². The Morgan fingerprint density at radius 3 is 2.94 bits per heavy atom. The van der Waals surface area contributed by atoms with Gasteiger partial charge in [0.2, 0.25) is 0 Å². The fraction of sp³-hybridized carbons (Fsp3) is 0.308. The number of aryl methyl sites for hydroxylation is 1. The van der Waals surface area contributed by atoms with E-state index >= 15 is 0 Å². The van der Waals surface area contributed by atoms with E-state index in [0.717, 1.165) is 30.5 Å². The Hall–Kier alpha value is -1.64. The predicted octanol–water partition coefficient (Wildman–Crippen LogP) is 3.49. The highest BCUT2D eigenvalue weighted by atomic mass is 19.1. The molecule has 0 amide bonds. The fourth-order valence-corrected chi connectivity index (χ4v) is 1.62. The van der Waals surface area contributed by atoms with Crippen LogP contribution >= 0.6 is 0 Å². The Morgan fingerprint density at radius 1 is 1.31 bits per heavy atom. The molecule has 3 heteroatoms. The quantitative estimate of drug-likeness (QED) is 0.768.